The minimum absolute atomic E-state index is 0.164. The lowest BCUT2D eigenvalue weighted by Gasteiger charge is -2.19. The smallest absolute Gasteiger partial charge is 0.416 e. The molecule has 0 saturated carbocycles. The van der Waals surface area contributed by atoms with Crippen molar-refractivity contribution in [1.82, 2.24) is 4.90 Å². The Kier molecular flexibility index (Phi) is 6.17. The Morgan fingerprint density at radius 3 is 2.00 bits per heavy atom. The number of alkyl halides is 3. The molecule has 8 heteroatoms. The summed E-state index contributed by atoms with van der Waals surface area (Å²) in [5.74, 6) is 0.570. The van der Waals surface area contributed by atoms with E-state index in [1.54, 1.807) is 19.2 Å². The summed E-state index contributed by atoms with van der Waals surface area (Å²) in [5.41, 5.74) is 0.207. The van der Waals surface area contributed by atoms with Gasteiger partial charge >= 0.3 is 6.18 Å². The number of halogens is 4. The third-order valence-corrected chi connectivity index (χ3v) is 4.52. The van der Waals surface area contributed by atoms with Crippen LogP contribution in [0.4, 0.5) is 13.2 Å². The fourth-order valence-electron chi connectivity index (χ4n) is 2.36. The van der Waals surface area contributed by atoms with E-state index >= 15 is 0 Å². The van der Waals surface area contributed by atoms with Crippen LogP contribution in [-0.2, 0) is 12.7 Å². The molecular weight excluding hydrogens is 415 g/mol. The van der Waals surface area contributed by atoms with Gasteiger partial charge in [0.15, 0.2) is 0 Å². The molecule has 0 aliphatic heterocycles. The van der Waals surface area contributed by atoms with Gasteiger partial charge < -0.3 is 14.4 Å². The molecule has 0 aliphatic carbocycles. The third-order valence-electron chi connectivity index (χ3n) is 3.74. The van der Waals surface area contributed by atoms with Crippen molar-refractivity contribution in [2.75, 3.05) is 21.3 Å². The number of methoxy groups -OCH3 is 2. The molecule has 2 rings (SSSR count). The van der Waals surface area contributed by atoms with Gasteiger partial charge in [0.05, 0.1) is 19.8 Å². The first-order chi connectivity index (χ1) is 12.2. The summed E-state index contributed by atoms with van der Waals surface area (Å²) in [6.07, 6.45) is -4.38. The van der Waals surface area contributed by atoms with Crippen LogP contribution in [0.1, 0.15) is 21.5 Å². The van der Waals surface area contributed by atoms with Crippen molar-refractivity contribution < 1.29 is 27.4 Å². The van der Waals surface area contributed by atoms with E-state index in [-0.39, 0.29) is 12.5 Å². The summed E-state index contributed by atoms with van der Waals surface area (Å²) in [6, 6.07) is 7.85. The molecule has 2 aromatic rings. The number of amides is 1. The van der Waals surface area contributed by atoms with Crippen LogP contribution >= 0.6 is 15.9 Å². The Morgan fingerprint density at radius 2 is 1.58 bits per heavy atom. The average molecular weight is 432 g/mol. The van der Waals surface area contributed by atoms with Crippen molar-refractivity contribution in [3.8, 4) is 11.5 Å². The maximum absolute atomic E-state index is 12.6. The molecule has 0 atom stereocenters. The summed E-state index contributed by atoms with van der Waals surface area (Å²) in [7, 11) is 4.51. The highest BCUT2D eigenvalue weighted by atomic mass is 79.9. The van der Waals surface area contributed by atoms with Crippen LogP contribution in [0, 0.1) is 0 Å². The van der Waals surface area contributed by atoms with Crippen molar-refractivity contribution in [1.29, 1.82) is 0 Å². The van der Waals surface area contributed by atoms with Crippen LogP contribution in [0.15, 0.2) is 40.9 Å². The highest BCUT2D eigenvalue weighted by Gasteiger charge is 2.30. The van der Waals surface area contributed by atoms with E-state index in [1.807, 2.05) is 0 Å². The van der Waals surface area contributed by atoms with Crippen molar-refractivity contribution in [3.05, 3.63) is 57.6 Å². The summed E-state index contributed by atoms with van der Waals surface area (Å²) in [4.78, 5) is 14.0. The number of rotatable bonds is 5. The van der Waals surface area contributed by atoms with Gasteiger partial charge in [-0.2, -0.15) is 13.2 Å². The number of nitrogens with zero attached hydrogens (tertiary/aromatic N) is 1. The summed E-state index contributed by atoms with van der Waals surface area (Å²) < 4.78 is 48.9. The lowest BCUT2D eigenvalue weighted by Crippen LogP contribution is -2.26. The number of ether oxygens (including phenoxy) is 2. The topological polar surface area (TPSA) is 38.8 Å². The molecule has 1 amide bonds. The average Bonchev–Trinajstić information content (AvgIpc) is 2.61. The summed E-state index contributed by atoms with van der Waals surface area (Å²) in [6.45, 7) is 0.164. The number of hydrogen-bond acceptors (Lipinski definition) is 3. The lowest BCUT2D eigenvalue weighted by molar-refractivity contribution is -0.137. The van der Waals surface area contributed by atoms with E-state index in [2.05, 4.69) is 15.9 Å². The number of carbonyl (C=O) groups excluding carboxylic acids is 1. The first kappa shape index (κ1) is 20.1. The molecule has 0 unspecified atom stereocenters. The zero-order valence-corrected chi connectivity index (χ0v) is 15.9. The second-order valence-electron chi connectivity index (χ2n) is 5.55. The molecule has 0 heterocycles. The second kappa shape index (κ2) is 7.99. The maximum Gasteiger partial charge on any atom is 0.416 e. The number of benzene rings is 2. The highest BCUT2D eigenvalue weighted by Crippen LogP contribution is 2.36. The Labute approximate surface area is 157 Å². The van der Waals surface area contributed by atoms with E-state index in [9.17, 15) is 18.0 Å². The minimum atomic E-state index is -4.38. The van der Waals surface area contributed by atoms with E-state index in [1.165, 1.54) is 31.3 Å². The lowest BCUT2D eigenvalue weighted by atomic mass is 10.1. The second-order valence-corrected chi connectivity index (χ2v) is 6.34. The zero-order chi connectivity index (χ0) is 19.5. The van der Waals surface area contributed by atoms with E-state index < -0.39 is 11.7 Å². The summed E-state index contributed by atoms with van der Waals surface area (Å²) >= 11 is 3.33. The van der Waals surface area contributed by atoms with Crippen LogP contribution in [0.25, 0.3) is 0 Å². The first-order valence-electron chi connectivity index (χ1n) is 7.50. The largest absolute Gasteiger partial charge is 0.495 e. The Balaban J connectivity index is 2.19. The molecule has 2 aromatic carbocycles. The van der Waals surface area contributed by atoms with Gasteiger partial charge in [-0.05, 0) is 45.8 Å². The molecule has 0 N–H and O–H groups in total. The molecule has 26 heavy (non-hydrogen) atoms. The predicted molar refractivity (Wildman–Crippen MR) is 94.5 cm³/mol. The summed E-state index contributed by atoms with van der Waals surface area (Å²) in [5, 5.41) is 0. The van der Waals surface area contributed by atoms with E-state index in [0.717, 1.165) is 12.1 Å². The Bertz CT molecular complexity index is 766. The van der Waals surface area contributed by atoms with Crippen molar-refractivity contribution >= 4 is 21.8 Å². The van der Waals surface area contributed by atoms with Gasteiger partial charge in [-0.25, -0.2) is 0 Å². The normalized spacial score (nSPS) is 11.2. The molecule has 0 fully saturated rings. The predicted octanol–water partition coefficient (Wildman–Crippen LogP) is 4.76. The number of hydrogen-bond donors (Lipinski definition) is 0. The molecule has 0 saturated heterocycles. The van der Waals surface area contributed by atoms with Gasteiger partial charge in [-0.3, -0.25) is 4.79 Å². The zero-order valence-electron chi connectivity index (χ0n) is 14.4. The van der Waals surface area contributed by atoms with Gasteiger partial charge in [-0.15, -0.1) is 0 Å². The maximum atomic E-state index is 12.6. The van der Waals surface area contributed by atoms with Crippen LogP contribution in [0.2, 0.25) is 0 Å². The molecule has 140 valence electrons. The van der Waals surface area contributed by atoms with Crippen molar-refractivity contribution in [3.63, 3.8) is 0 Å². The number of carbonyl (C=O) groups is 1. The third kappa shape index (κ3) is 4.49. The Hall–Kier alpha value is -2.22. The van der Waals surface area contributed by atoms with E-state index in [0.29, 0.717) is 27.1 Å². The highest BCUT2D eigenvalue weighted by molar-refractivity contribution is 9.10. The molecule has 0 bridgehead atoms. The van der Waals surface area contributed by atoms with Crippen molar-refractivity contribution in [2.24, 2.45) is 0 Å². The molecule has 4 nitrogen and oxygen atoms in total. The standard InChI is InChI=1S/C18H17BrF3NO3/c1-23(10-11-4-6-13(7-5-11)18(20,21)22)17(24)12-8-14(25-2)16(19)15(9-12)26-3/h4-9H,10H2,1-3H3. The minimum Gasteiger partial charge on any atom is -0.495 e. The molecule has 0 spiro atoms. The molecule has 0 radical (unpaired) electrons. The van der Waals surface area contributed by atoms with Gasteiger partial charge in [0.1, 0.15) is 16.0 Å². The fourth-order valence-corrected chi connectivity index (χ4v) is 2.91. The molecule has 0 aromatic heterocycles. The van der Waals surface area contributed by atoms with Crippen LogP contribution in [0.5, 0.6) is 11.5 Å². The van der Waals surface area contributed by atoms with E-state index in [4.69, 9.17) is 9.47 Å². The first-order valence-corrected chi connectivity index (χ1v) is 8.29. The SMILES string of the molecule is COc1cc(C(=O)N(C)Cc2ccc(C(F)(F)F)cc2)cc(OC)c1Br. The van der Waals surface area contributed by atoms with Crippen LogP contribution in [-0.4, -0.2) is 32.1 Å². The molecule has 0 aliphatic rings. The van der Waals surface area contributed by atoms with Gasteiger partial charge in [0.25, 0.3) is 5.91 Å². The monoisotopic (exact) mass is 431 g/mol. The van der Waals surface area contributed by atoms with Crippen LogP contribution < -0.4 is 9.47 Å². The van der Waals surface area contributed by atoms with Crippen LogP contribution in [0.3, 0.4) is 0 Å². The fraction of sp³-hybridized carbons (Fsp3) is 0.278. The molecular formula is C18H17BrF3NO3. The van der Waals surface area contributed by atoms with Gasteiger partial charge in [0.2, 0.25) is 0 Å². The van der Waals surface area contributed by atoms with Crippen molar-refractivity contribution in [2.45, 2.75) is 12.7 Å². The quantitative estimate of drug-likeness (QED) is 0.684. The Morgan fingerprint density at radius 1 is 1.08 bits per heavy atom. The van der Waals surface area contributed by atoms with Gasteiger partial charge in [0, 0.05) is 19.2 Å². The van der Waals surface area contributed by atoms with Gasteiger partial charge in [-0.1, -0.05) is 12.1 Å².